The highest BCUT2D eigenvalue weighted by molar-refractivity contribution is 7.09. The Balaban J connectivity index is 1.78. The molecule has 4 nitrogen and oxygen atoms in total. The lowest BCUT2D eigenvalue weighted by Crippen LogP contribution is -2.37. The number of aromatic nitrogens is 2. The summed E-state index contributed by atoms with van der Waals surface area (Å²) in [7, 11) is 0. The Hall–Kier alpha value is -0.680. The lowest BCUT2D eigenvalue weighted by molar-refractivity contribution is 0.255. The van der Waals surface area contributed by atoms with E-state index in [1.807, 2.05) is 0 Å². The van der Waals surface area contributed by atoms with Gasteiger partial charge < -0.3 is 10.0 Å². The predicted octanol–water partition coefficient (Wildman–Crippen LogP) is 2.16. The summed E-state index contributed by atoms with van der Waals surface area (Å²) < 4.78 is 4.46. The van der Waals surface area contributed by atoms with Gasteiger partial charge in [-0.25, -0.2) is 4.98 Å². The highest BCUT2D eigenvalue weighted by atomic mass is 32.1. The second-order valence-corrected chi connectivity index (χ2v) is 5.82. The van der Waals surface area contributed by atoms with Crippen molar-refractivity contribution < 1.29 is 5.11 Å². The quantitative estimate of drug-likeness (QED) is 0.897. The van der Waals surface area contributed by atoms with Crippen molar-refractivity contribution in [2.45, 2.75) is 50.5 Å². The number of hydrogen-bond donors (Lipinski definition) is 1. The molecule has 0 radical (unpaired) electrons. The van der Waals surface area contributed by atoms with Crippen LogP contribution >= 0.6 is 11.5 Å². The summed E-state index contributed by atoms with van der Waals surface area (Å²) in [6.07, 6.45) is 7.26. The minimum atomic E-state index is 0.234. The maximum absolute atomic E-state index is 9.49. The highest BCUT2D eigenvalue weighted by Gasteiger charge is 2.30. The minimum Gasteiger partial charge on any atom is -0.394 e. The van der Waals surface area contributed by atoms with E-state index in [1.165, 1.54) is 43.6 Å². The van der Waals surface area contributed by atoms with Crippen molar-refractivity contribution >= 4 is 16.7 Å². The van der Waals surface area contributed by atoms with Crippen molar-refractivity contribution in [3.05, 3.63) is 5.82 Å². The first-order chi connectivity index (χ1) is 8.38. The Labute approximate surface area is 106 Å². The third-order valence-electron chi connectivity index (χ3n) is 3.71. The Morgan fingerprint density at radius 2 is 2.12 bits per heavy atom. The van der Waals surface area contributed by atoms with Crippen LogP contribution in [0, 0.1) is 0 Å². The van der Waals surface area contributed by atoms with E-state index in [4.69, 9.17) is 0 Å². The van der Waals surface area contributed by atoms with Crippen LogP contribution in [-0.4, -0.2) is 33.7 Å². The number of anilines is 1. The number of hydrogen-bond acceptors (Lipinski definition) is 5. The molecule has 0 bridgehead atoms. The smallest absolute Gasteiger partial charge is 0.205 e. The molecule has 2 fully saturated rings. The maximum atomic E-state index is 9.49. The van der Waals surface area contributed by atoms with Gasteiger partial charge >= 0.3 is 0 Å². The summed E-state index contributed by atoms with van der Waals surface area (Å²) >= 11 is 1.51. The Morgan fingerprint density at radius 1 is 1.24 bits per heavy atom. The number of aliphatic hydroxyl groups excluding tert-OH is 1. The largest absolute Gasteiger partial charge is 0.394 e. The van der Waals surface area contributed by atoms with Gasteiger partial charge in [0.05, 0.1) is 12.6 Å². The van der Waals surface area contributed by atoms with Gasteiger partial charge in [0.1, 0.15) is 5.82 Å². The Morgan fingerprint density at radius 3 is 2.88 bits per heavy atom. The topological polar surface area (TPSA) is 49.2 Å². The standard InChI is InChI=1S/C12H19N3OS/c16-8-10-4-2-1-3-7-15(10)12-13-11(14-17-12)9-5-6-9/h9-10,16H,1-8H2. The molecule has 94 valence electrons. The van der Waals surface area contributed by atoms with Gasteiger partial charge in [-0.15, -0.1) is 0 Å². The van der Waals surface area contributed by atoms with Crippen molar-refractivity contribution in [2.24, 2.45) is 0 Å². The second-order valence-electron chi connectivity index (χ2n) is 5.09. The normalized spacial score (nSPS) is 25.9. The molecule has 0 aromatic carbocycles. The minimum absolute atomic E-state index is 0.234. The second kappa shape index (κ2) is 4.90. The van der Waals surface area contributed by atoms with Gasteiger partial charge in [0, 0.05) is 24.0 Å². The SMILES string of the molecule is OCC1CCCCCN1c1nc(C2CC2)ns1. The molecule has 1 aliphatic carbocycles. The van der Waals surface area contributed by atoms with E-state index < -0.39 is 0 Å². The van der Waals surface area contributed by atoms with Gasteiger partial charge in [-0.1, -0.05) is 12.8 Å². The highest BCUT2D eigenvalue weighted by Crippen LogP contribution is 2.40. The fraction of sp³-hybridized carbons (Fsp3) is 0.833. The molecule has 1 atom stereocenters. The van der Waals surface area contributed by atoms with Gasteiger partial charge in [-0.3, -0.25) is 0 Å². The number of rotatable bonds is 3. The third kappa shape index (κ3) is 2.45. The maximum Gasteiger partial charge on any atom is 0.205 e. The van der Waals surface area contributed by atoms with E-state index >= 15 is 0 Å². The molecule has 0 amide bonds. The van der Waals surface area contributed by atoms with Crippen LogP contribution < -0.4 is 4.90 Å². The first-order valence-electron chi connectivity index (χ1n) is 6.59. The molecule has 1 N–H and O–H groups in total. The zero-order valence-electron chi connectivity index (χ0n) is 10.0. The molecule has 1 unspecified atom stereocenters. The summed E-state index contributed by atoms with van der Waals surface area (Å²) in [5.41, 5.74) is 0. The van der Waals surface area contributed by atoms with E-state index in [0.29, 0.717) is 5.92 Å². The van der Waals surface area contributed by atoms with Gasteiger partial charge in [0.15, 0.2) is 0 Å². The lowest BCUT2D eigenvalue weighted by atomic mass is 10.1. The lowest BCUT2D eigenvalue weighted by Gasteiger charge is -2.27. The van der Waals surface area contributed by atoms with E-state index in [0.717, 1.165) is 23.9 Å². The predicted molar refractivity (Wildman–Crippen MR) is 68.6 cm³/mol. The van der Waals surface area contributed by atoms with Crippen LogP contribution in [0.1, 0.15) is 50.3 Å². The van der Waals surface area contributed by atoms with Crippen LogP contribution in [-0.2, 0) is 0 Å². The van der Waals surface area contributed by atoms with E-state index in [2.05, 4.69) is 14.3 Å². The Bertz CT molecular complexity index is 378. The summed E-state index contributed by atoms with van der Waals surface area (Å²) in [6.45, 7) is 1.25. The summed E-state index contributed by atoms with van der Waals surface area (Å²) in [5, 5.41) is 10.5. The first kappa shape index (κ1) is 11.4. The van der Waals surface area contributed by atoms with Crippen molar-refractivity contribution in [2.75, 3.05) is 18.1 Å². The van der Waals surface area contributed by atoms with Crippen LogP contribution in [0.4, 0.5) is 5.13 Å². The molecular formula is C12H19N3OS. The van der Waals surface area contributed by atoms with Gasteiger partial charge in [0.2, 0.25) is 5.13 Å². The average molecular weight is 253 g/mol. The molecule has 17 heavy (non-hydrogen) atoms. The van der Waals surface area contributed by atoms with Gasteiger partial charge in [-0.2, -0.15) is 4.37 Å². The molecule has 1 aliphatic heterocycles. The van der Waals surface area contributed by atoms with Crippen LogP contribution in [0.25, 0.3) is 0 Å². The van der Waals surface area contributed by atoms with Crippen LogP contribution in [0.2, 0.25) is 0 Å². The van der Waals surface area contributed by atoms with Gasteiger partial charge in [-0.05, 0) is 25.7 Å². The monoisotopic (exact) mass is 253 g/mol. The first-order valence-corrected chi connectivity index (χ1v) is 7.37. The molecule has 0 spiro atoms. The zero-order chi connectivity index (χ0) is 11.7. The fourth-order valence-electron chi connectivity index (χ4n) is 2.47. The van der Waals surface area contributed by atoms with Crippen LogP contribution in [0.3, 0.4) is 0 Å². The molecule has 1 aromatic heterocycles. The molecule has 3 rings (SSSR count). The molecule has 1 aromatic rings. The van der Waals surface area contributed by atoms with Gasteiger partial charge in [0.25, 0.3) is 0 Å². The number of aliphatic hydroxyl groups is 1. The average Bonchev–Trinajstić information content (AvgIpc) is 3.13. The van der Waals surface area contributed by atoms with Crippen LogP contribution in [0.5, 0.6) is 0 Å². The third-order valence-corrected chi connectivity index (χ3v) is 4.47. The molecule has 1 saturated heterocycles. The molecule has 1 saturated carbocycles. The fourth-order valence-corrected chi connectivity index (χ4v) is 3.31. The van der Waals surface area contributed by atoms with Crippen LogP contribution in [0.15, 0.2) is 0 Å². The molecule has 2 aliphatic rings. The van der Waals surface area contributed by atoms with E-state index in [-0.39, 0.29) is 12.6 Å². The van der Waals surface area contributed by atoms with E-state index in [1.54, 1.807) is 0 Å². The summed E-state index contributed by atoms with van der Waals surface area (Å²) in [6, 6.07) is 0.248. The molecule has 2 heterocycles. The summed E-state index contributed by atoms with van der Waals surface area (Å²) in [5.74, 6) is 1.66. The van der Waals surface area contributed by atoms with Crippen molar-refractivity contribution in [1.82, 2.24) is 9.36 Å². The summed E-state index contributed by atoms with van der Waals surface area (Å²) in [4.78, 5) is 6.93. The Kier molecular flexibility index (Phi) is 3.29. The van der Waals surface area contributed by atoms with Crippen molar-refractivity contribution in [3.8, 4) is 0 Å². The molecular weight excluding hydrogens is 234 g/mol. The molecule has 5 heteroatoms. The zero-order valence-corrected chi connectivity index (χ0v) is 10.8. The van der Waals surface area contributed by atoms with Crippen molar-refractivity contribution in [3.63, 3.8) is 0 Å². The van der Waals surface area contributed by atoms with E-state index in [9.17, 15) is 5.11 Å². The van der Waals surface area contributed by atoms with Crippen molar-refractivity contribution in [1.29, 1.82) is 0 Å². The number of nitrogens with zero attached hydrogens (tertiary/aromatic N) is 3.